The molecule has 1 saturated heterocycles. The third-order valence-corrected chi connectivity index (χ3v) is 6.31. The fourth-order valence-corrected chi connectivity index (χ4v) is 4.77. The highest BCUT2D eigenvalue weighted by atomic mass is 16.5. The van der Waals surface area contributed by atoms with E-state index in [1.54, 1.807) is 16.9 Å². The van der Waals surface area contributed by atoms with Crippen molar-refractivity contribution in [2.45, 2.75) is 39.3 Å². The normalized spacial score (nSPS) is 16.3. The van der Waals surface area contributed by atoms with E-state index in [-0.39, 0.29) is 18.6 Å². The molecule has 0 saturated carbocycles. The molecule has 170 valence electrons. The van der Waals surface area contributed by atoms with Crippen LogP contribution in [-0.2, 0) is 13.8 Å². The molecule has 4 aromatic rings. The van der Waals surface area contributed by atoms with Crippen molar-refractivity contribution in [2.24, 2.45) is 7.05 Å². The van der Waals surface area contributed by atoms with Gasteiger partial charge in [-0.1, -0.05) is 18.2 Å². The first kappa shape index (κ1) is 21.2. The van der Waals surface area contributed by atoms with Crippen LogP contribution in [-0.4, -0.2) is 43.2 Å². The summed E-state index contributed by atoms with van der Waals surface area (Å²) in [6, 6.07) is 16.0. The van der Waals surface area contributed by atoms with Crippen LogP contribution in [0.5, 0.6) is 5.75 Å². The third kappa shape index (κ3) is 4.35. The van der Waals surface area contributed by atoms with Gasteiger partial charge in [-0.25, -0.2) is 9.67 Å². The van der Waals surface area contributed by atoms with Crippen LogP contribution in [0.25, 0.3) is 11.0 Å². The average molecular weight is 444 g/mol. The van der Waals surface area contributed by atoms with Crippen LogP contribution in [0.2, 0.25) is 0 Å². The predicted molar refractivity (Wildman–Crippen MR) is 127 cm³/mol. The van der Waals surface area contributed by atoms with Gasteiger partial charge >= 0.3 is 0 Å². The van der Waals surface area contributed by atoms with Gasteiger partial charge in [0.05, 0.1) is 11.0 Å². The number of piperidine rings is 1. The fourth-order valence-electron chi connectivity index (χ4n) is 4.77. The van der Waals surface area contributed by atoms with Crippen LogP contribution in [0.1, 0.15) is 46.2 Å². The Balaban J connectivity index is 1.26. The highest BCUT2D eigenvalue weighted by molar-refractivity contribution is 5.92. The van der Waals surface area contributed by atoms with Crippen LogP contribution in [0.15, 0.2) is 54.7 Å². The second-order valence-corrected chi connectivity index (χ2v) is 8.95. The molecule has 5 rings (SSSR count). The maximum absolute atomic E-state index is 13.2. The van der Waals surface area contributed by atoms with Crippen LogP contribution < -0.4 is 4.74 Å². The lowest BCUT2D eigenvalue weighted by atomic mass is 9.97. The van der Waals surface area contributed by atoms with Crippen LogP contribution >= 0.6 is 0 Å². The highest BCUT2D eigenvalue weighted by Gasteiger charge is 2.29. The van der Waals surface area contributed by atoms with E-state index in [0.717, 1.165) is 53.1 Å². The number of ether oxygens (including phenoxy) is 1. The molecule has 1 aliphatic rings. The molecule has 2 aromatic heterocycles. The quantitative estimate of drug-likeness (QED) is 0.457. The number of amides is 1. The molecule has 7 nitrogen and oxygen atoms in total. The number of aromatic nitrogens is 4. The zero-order valence-electron chi connectivity index (χ0n) is 19.4. The highest BCUT2D eigenvalue weighted by Crippen LogP contribution is 2.29. The number of benzene rings is 2. The first-order valence-electron chi connectivity index (χ1n) is 11.4. The Labute approximate surface area is 193 Å². The van der Waals surface area contributed by atoms with Gasteiger partial charge in [0.2, 0.25) is 0 Å². The number of para-hydroxylation sites is 2. The number of carbonyl (C=O) groups excluding carboxylic acids is 1. The fraction of sp³-hybridized carbons (Fsp3) is 0.346. The Kier molecular flexibility index (Phi) is 5.62. The van der Waals surface area contributed by atoms with Gasteiger partial charge in [-0.15, -0.1) is 0 Å². The molecule has 7 heteroatoms. The minimum absolute atomic E-state index is 0.0383. The molecule has 1 unspecified atom stereocenters. The van der Waals surface area contributed by atoms with Gasteiger partial charge in [0, 0.05) is 32.3 Å². The Hall–Kier alpha value is -3.61. The van der Waals surface area contributed by atoms with Crippen molar-refractivity contribution in [1.29, 1.82) is 0 Å². The van der Waals surface area contributed by atoms with E-state index in [2.05, 4.69) is 28.8 Å². The molecule has 2 aromatic carbocycles. The van der Waals surface area contributed by atoms with E-state index >= 15 is 0 Å². The van der Waals surface area contributed by atoms with Crippen LogP contribution in [0, 0.1) is 13.8 Å². The summed E-state index contributed by atoms with van der Waals surface area (Å²) in [5.41, 5.74) is 4.88. The summed E-state index contributed by atoms with van der Waals surface area (Å²) in [5, 5.41) is 4.48. The Bertz CT molecular complexity index is 1290. The van der Waals surface area contributed by atoms with E-state index in [1.807, 2.05) is 49.1 Å². The molecule has 3 heterocycles. The molecule has 33 heavy (non-hydrogen) atoms. The Morgan fingerprint density at radius 2 is 1.91 bits per heavy atom. The number of imidazole rings is 1. The summed E-state index contributed by atoms with van der Waals surface area (Å²) in [5.74, 6) is 2.02. The number of nitrogens with zero attached hydrogens (tertiary/aromatic N) is 5. The van der Waals surface area contributed by atoms with Crippen molar-refractivity contribution < 1.29 is 9.53 Å². The minimum Gasteiger partial charge on any atom is -0.471 e. The van der Waals surface area contributed by atoms with E-state index in [0.29, 0.717) is 12.2 Å². The van der Waals surface area contributed by atoms with Crippen LogP contribution in [0.3, 0.4) is 0 Å². The molecule has 0 N–H and O–H groups in total. The Morgan fingerprint density at radius 3 is 2.70 bits per heavy atom. The van der Waals surface area contributed by atoms with Gasteiger partial charge in [0.1, 0.15) is 11.6 Å². The van der Waals surface area contributed by atoms with Gasteiger partial charge in [0.25, 0.3) is 5.91 Å². The molecule has 1 atom stereocenters. The maximum atomic E-state index is 13.2. The van der Waals surface area contributed by atoms with E-state index in [9.17, 15) is 4.79 Å². The molecule has 1 aliphatic heterocycles. The average Bonchev–Trinajstić information content (AvgIpc) is 3.42. The van der Waals surface area contributed by atoms with Gasteiger partial charge in [0.15, 0.2) is 12.4 Å². The summed E-state index contributed by atoms with van der Waals surface area (Å²) >= 11 is 0. The van der Waals surface area contributed by atoms with Crippen molar-refractivity contribution in [3.63, 3.8) is 0 Å². The van der Waals surface area contributed by atoms with Gasteiger partial charge in [-0.05, 0) is 68.1 Å². The van der Waals surface area contributed by atoms with Crippen LogP contribution in [0.4, 0.5) is 0 Å². The molecule has 1 fully saturated rings. The van der Waals surface area contributed by atoms with Crippen molar-refractivity contribution in [2.75, 3.05) is 13.1 Å². The molecular formula is C26H29N5O2. The predicted octanol–water partition coefficient (Wildman–Crippen LogP) is 4.44. The molecule has 1 amide bonds. The number of carbonyl (C=O) groups is 1. The second kappa shape index (κ2) is 8.73. The standard InChI is InChI=1S/C26H29N5O2/c1-18-13-19(2)15-21(14-18)33-17-31-12-10-23(28-31)26(32)30-11-6-7-20(16-30)25-27-22-8-4-5-9-24(22)29(25)3/h4-5,8-10,12-15,20H,6-7,11,16-17H2,1-3H3. The van der Waals surface area contributed by atoms with Crippen molar-refractivity contribution in [3.8, 4) is 5.75 Å². The number of hydrogen-bond acceptors (Lipinski definition) is 4. The minimum atomic E-state index is -0.0383. The van der Waals surface area contributed by atoms with Crippen molar-refractivity contribution in [3.05, 3.63) is 77.4 Å². The molecule has 0 bridgehead atoms. The number of aryl methyl sites for hydroxylation is 3. The van der Waals surface area contributed by atoms with E-state index in [4.69, 9.17) is 9.72 Å². The number of hydrogen-bond donors (Lipinski definition) is 0. The zero-order chi connectivity index (χ0) is 22.9. The van der Waals surface area contributed by atoms with Gasteiger partial charge in [-0.3, -0.25) is 4.79 Å². The molecule has 0 aliphatic carbocycles. The largest absolute Gasteiger partial charge is 0.471 e. The van der Waals surface area contributed by atoms with E-state index < -0.39 is 0 Å². The Morgan fingerprint density at radius 1 is 1.12 bits per heavy atom. The van der Waals surface area contributed by atoms with E-state index in [1.165, 1.54) is 0 Å². The maximum Gasteiger partial charge on any atom is 0.274 e. The van der Waals surface area contributed by atoms with Gasteiger partial charge in [-0.2, -0.15) is 5.10 Å². The topological polar surface area (TPSA) is 65.2 Å². The number of fused-ring (bicyclic) bond motifs is 1. The second-order valence-electron chi connectivity index (χ2n) is 8.95. The number of likely N-dealkylation sites (tertiary alicyclic amines) is 1. The monoisotopic (exact) mass is 443 g/mol. The lowest BCUT2D eigenvalue weighted by molar-refractivity contribution is 0.0695. The summed E-state index contributed by atoms with van der Waals surface area (Å²) < 4.78 is 9.70. The first-order valence-corrected chi connectivity index (χ1v) is 11.4. The third-order valence-electron chi connectivity index (χ3n) is 6.31. The first-order chi connectivity index (χ1) is 16.0. The smallest absolute Gasteiger partial charge is 0.274 e. The molecular weight excluding hydrogens is 414 g/mol. The molecule has 0 radical (unpaired) electrons. The lowest BCUT2D eigenvalue weighted by Gasteiger charge is -2.32. The van der Waals surface area contributed by atoms with Crippen molar-refractivity contribution >= 4 is 16.9 Å². The summed E-state index contributed by atoms with van der Waals surface area (Å²) in [4.78, 5) is 20.0. The SMILES string of the molecule is Cc1cc(C)cc(OCn2ccc(C(=O)N3CCCC(c4nc5ccccc5n4C)C3)n2)c1. The lowest BCUT2D eigenvalue weighted by Crippen LogP contribution is -2.40. The summed E-state index contributed by atoms with van der Waals surface area (Å²) in [7, 11) is 2.06. The zero-order valence-corrected chi connectivity index (χ0v) is 19.4. The van der Waals surface area contributed by atoms with Gasteiger partial charge < -0.3 is 14.2 Å². The number of rotatable bonds is 5. The summed E-state index contributed by atoms with van der Waals surface area (Å²) in [6.45, 7) is 5.75. The molecule has 0 spiro atoms. The summed E-state index contributed by atoms with van der Waals surface area (Å²) in [6.07, 6.45) is 3.78. The van der Waals surface area contributed by atoms with Crippen molar-refractivity contribution in [1.82, 2.24) is 24.2 Å².